The molecule has 0 aromatic heterocycles. The fourth-order valence-electron chi connectivity index (χ4n) is 5.18. The first-order valence-corrected chi connectivity index (χ1v) is 9.38. The van der Waals surface area contributed by atoms with Gasteiger partial charge < -0.3 is 14.7 Å². The monoisotopic (exact) mass is 343 g/mol. The van der Waals surface area contributed by atoms with Crippen molar-refractivity contribution in [2.75, 3.05) is 33.0 Å². The van der Waals surface area contributed by atoms with Crippen molar-refractivity contribution in [1.29, 1.82) is 0 Å². The van der Waals surface area contributed by atoms with E-state index in [0.29, 0.717) is 24.7 Å². The Morgan fingerprint density at radius 3 is 2.76 bits per heavy atom. The normalized spacial score (nSPS) is 33.4. The molecule has 2 bridgehead atoms. The second-order valence-electron chi connectivity index (χ2n) is 7.74. The molecular weight excluding hydrogens is 318 g/mol. The SMILES string of the molecule is O/N=C1\C2CCC(C2)C1N1CCN(Cc2ccc3c(c2)OCO3)CC1. The highest BCUT2D eigenvalue weighted by atomic mass is 16.7. The van der Waals surface area contributed by atoms with Gasteiger partial charge >= 0.3 is 0 Å². The van der Waals surface area contributed by atoms with Gasteiger partial charge in [-0.3, -0.25) is 9.80 Å². The van der Waals surface area contributed by atoms with Crippen LogP contribution in [0.1, 0.15) is 24.8 Å². The molecule has 2 saturated carbocycles. The summed E-state index contributed by atoms with van der Waals surface area (Å²) in [5.41, 5.74) is 2.33. The van der Waals surface area contributed by atoms with Crippen LogP contribution in [0, 0.1) is 11.8 Å². The van der Waals surface area contributed by atoms with Crippen molar-refractivity contribution < 1.29 is 14.7 Å². The van der Waals surface area contributed by atoms with Gasteiger partial charge in [-0.05, 0) is 42.9 Å². The highest BCUT2D eigenvalue weighted by molar-refractivity contribution is 5.94. The van der Waals surface area contributed by atoms with Crippen molar-refractivity contribution >= 4 is 5.71 Å². The van der Waals surface area contributed by atoms with Gasteiger partial charge in [-0.25, -0.2) is 0 Å². The maximum absolute atomic E-state index is 9.44. The molecule has 0 spiro atoms. The Morgan fingerprint density at radius 2 is 1.92 bits per heavy atom. The van der Waals surface area contributed by atoms with Crippen molar-refractivity contribution in [3.05, 3.63) is 23.8 Å². The zero-order valence-corrected chi connectivity index (χ0v) is 14.4. The summed E-state index contributed by atoms with van der Waals surface area (Å²) in [6.45, 7) is 5.49. The molecule has 3 unspecified atom stereocenters. The van der Waals surface area contributed by atoms with Gasteiger partial charge in [0.25, 0.3) is 0 Å². The van der Waals surface area contributed by atoms with Crippen molar-refractivity contribution in [1.82, 2.24) is 9.80 Å². The molecule has 0 amide bonds. The van der Waals surface area contributed by atoms with Gasteiger partial charge in [0.05, 0.1) is 11.8 Å². The Hall–Kier alpha value is -1.79. The first-order valence-electron chi connectivity index (χ1n) is 9.38. The molecule has 2 heterocycles. The minimum atomic E-state index is 0.329. The fraction of sp³-hybridized carbons (Fsp3) is 0.632. The Morgan fingerprint density at radius 1 is 1.08 bits per heavy atom. The van der Waals surface area contributed by atoms with E-state index in [9.17, 15) is 5.21 Å². The highest BCUT2D eigenvalue weighted by Gasteiger charge is 2.48. The van der Waals surface area contributed by atoms with Crippen molar-refractivity contribution in [3.63, 3.8) is 0 Å². The van der Waals surface area contributed by atoms with E-state index in [-0.39, 0.29) is 0 Å². The maximum atomic E-state index is 9.44. The van der Waals surface area contributed by atoms with E-state index < -0.39 is 0 Å². The predicted molar refractivity (Wildman–Crippen MR) is 93.3 cm³/mol. The molecule has 6 nitrogen and oxygen atoms in total. The van der Waals surface area contributed by atoms with Crippen LogP contribution in [-0.2, 0) is 6.54 Å². The summed E-state index contributed by atoms with van der Waals surface area (Å²) in [5.74, 6) is 2.95. The van der Waals surface area contributed by atoms with Crippen molar-refractivity contribution in [3.8, 4) is 11.5 Å². The predicted octanol–water partition coefficient (Wildman–Crippen LogP) is 2.16. The molecule has 3 atom stereocenters. The molecule has 2 aliphatic heterocycles. The molecule has 25 heavy (non-hydrogen) atoms. The lowest BCUT2D eigenvalue weighted by Gasteiger charge is -2.41. The minimum Gasteiger partial charge on any atom is -0.454 e. The average molecular weight is 343 g/mol. The third kappa shape index (κ3) is 2.68. The molecule has 1 N–H and O–H groups in total. The average Bonchev–Trinajstić information content (AvgIpc) is 3.37. The van der Waals surface area contributed by atoms with E-state index in [1.165, 1.54) is 24.8 Å². The largest absolute Gasteiger partial charge is 0.454 e. The van der Waals surface area contributed by atoms with Crippen LogP contribution in [0.15, 0.2) is 23.4 Å². The Kier molecular flexibility index (Phi) is 3.82. The Labute approximate surface area is 148 Å². The van der Waals surface area contributed by atoms with Gasteiger partial charge in [0.15, 0.2) is 11.5 Å². The van der Waals surface area contributed by atoms with E-state index >= 15 is 0 Å². The number of fused-ring (bicyclic) bond motifs is 3. The second-order valence-corrected chi connectivity index (χ2v) is 7.74. The number of rotatable bonds is 3. The van der Waals surface area contributed by atoms with Crippen LogP contribution < -0.4 is 9.47 Å². The number of ether oxygens (including phenoxy) is 2. The van der Waals surface area contributed by atoms with Crippen LogP contribution in [0.5, 0.6) is 11.5 Å². The van der Waals surface area contributed by atoms with Crippen LogP contribution in [0.3, 0.4) is 0 Å². The topological polar surface area (TPSA) is 57.5 Å². The highest BCUT2D eigenvalue weighted by Crippen LogP contribution is 2.45. The van der Waals surface area contributed by atoms with Gasteiger partial charge in [0.1, 0.15) is 0 Å². The summed E-state index contributed by atoms with van der Waals surface area (Å²) in [6.07, 6.45) is 3.73. The van der Waals surface area contributed by atoms with E-state index in [1.54, 1.807) is 0 Å². The van der Waals surface area contributed by atoms with E-state index in [4.69, 9.17) is 9.47 Å². The Bertz CT molecular complexity index is 684. The summed E-state index contributed by atoms with van der Waals surface area (Å²) in [4.78, 5) is 5.05. The van der Waals surface area contributed by atoms with Gasteiger partial charge in [-0.1, -0.05) is 11.2 Å². The lowest BCUT2D eigenvalue weighted by molar-refractivity contribution is 0.0945. The molecule has 5 rings (SSSR count). The van der Waals surface area contributed by atoms with E-state index in [0.717, 1.165) is 49.9 Å². The van der Waals surface area contributed by atoms with Gasteiger partial charge in [0, 0.05) is 38.6 Å². The fourth-order valence-corrected chi connectivity index (χ4v) is 5.18. The van der Waals surface area contributed by atoms with Gasteiger partial charge in [-0.15, -0.1) is 0 Å². The molecule has 1 saturated heterocycles. The molecule has 1 aromatic carbocycles. The van der Waals surface area contributed by atoms with E-state index in [2.05, 4.69) is 27.1 Å². The molecule has 134 valence electrons. The smallest absolute Gasteiger partial charge is 0.231 e. The maximum Gasteiger partial charge on any atom is 0.231 e. The van der Waals surface area contributed by atoms with Crippen LogP contribution in [0.25, 0.3) is 0 Å². The first kappa shape index (κ1) is 15.5. The summed E-state index contributed by atoms with van der Waals surface area (Å²) in [7, 11) is 0. The van der Waals surface area contributed by atoms with Crippen LogP contribution in [0.2, 0.25) is 0 Å². The third-order valence-corrected chi connectivity index (χ3v) is 6.40. The standard InChI is InChI=1S/C19H25N3O3/c23-20-18-14-2-3-15(10-14)19(18)22-7-5-21(6-8-22)11-13-1-4-16-17(9-13)25-12-24-16/h1,4,9,14-15,19,23H,2-3,5-8,10-12H2/b20-18+. The second kappa shape index (κ2) is 6.18. The number of nitrogens with zero attached hydrogens (tertiary/aromatic N) is 3. The third-order valence-electron chi connectivity index (χ3n) is 6.40. The number of oxime groups is 1. The molecule has 0 radical (unpaired) electrons. The summed E-state index contributed by atoms with van der Waals surface area (Å²) >= 11 is 0. The summed E-state index contributed by atoms with van der Waals surface area (Å²) in [6, 6.07) is 6.62. The van der Waals surface area contributed by atoms with Gasteiger partial charge in [-0.2, -0.15) is 0 Å². The van der Waals surface area contributed by atoms with Gasteiger partial charge in [0.2, 0.25) is 6.79 Å². The molecule has 4 aliphatic rings. The number of hydrogen-bond acceptors (Lipinski definition) is 6. The van der Waals surface area contributed by atoms with E-state index in [1.807, 2.05) is 6.07 Å². The van der Waals surface area contributed by atoms with Crippen molar-refractivity contribution in [2.24, 2.45) is 17.0 Å². The number of hydrogen-bond donors (Lipinski definition) is 1. The molecular formula is C19H25N3O3. The summed E-state index contributed by atoms with van der Waals surface area (Å²) < 4.78 is 10.9. The quantitative estimate of drug-likeness (QED) is 0.673. The van der Waals surface area contributed by atoms with Crippen molar-refractivity contribution in [2.45, 2.75) is 31.8 Å². The van der Waals surface area contributed by atoms with Crippen LogP contribution >= 0.6 is 0 Å². The molecule has 6 heteroatoms. The molecule has 3 fully saturated rings. The zero-order chi connectivity index (χ0) is 16.8. The lowest BCUT2D eigenvalue weighted by Crippen LogP contribution is -2.54. The zero-order valence-electron chi connectivity index (χ0n) is 14.4. The van der Waals surface area contributed by atoms with Crippen LogP contribution in [-0.4, -0.2) is 59.7 Å². The number of benzene rings is 1. The molecule has 1 aromatic rings. The first-order chi connectivity index (χ1) is 12.3. The Balaban J connectivity index is 1.20. The minimum absolute atomic E-state index is 0.329. The number of piperazine rings is 1. The summed E-state index contributed by atoms with van der Waals surface area (Å²) in [5, 5.41) is 13.1. The lowest BCUT2D eigenvalue weighted by atomic mass is 9.91. The van der Waals surface area contributed by atoms with Crippen LogP contribution in [0.4, 0.5) is 0 Å². The molecule has 2 aliphatic carbocycles.